The SMILES string of the molecule is Cc1ccc(-c2cc3c(NC(Cc4cccc(F)c4)P(=O)(O)O)ncnc3s2)cc1Cl. The van der Waals surface area contributed by atoms with Gasteiger partial charge in [0, 0.05) is 16.3 Å². The summed E-state index contributed by atoms with van der Waals surface area (Å²) in [6.07, 6.45) is 1.27. The molecule has 2 aromatic heterocycles. The third-order valence-corrected chi connectivity index (χ3v) is 7.44. The maximum atomic E-state index is 13.5. The van der Waals surface area contributed by atoms with Crippen LogP contribution in [-0.4, -0.2) is 25.5 Å². The third kappa shape index (κ3) is 4.95. The molecule has 0 radical (unpaired) electrons. The molecule has 0 spiro atoms. The zero-order chi connectivity index (χ0) is 22.2. The molecule has 0 bridgehead atoms. The van der Waals surface area contributed by atoms with Crippen LogP contribution in [0, 0.1) is 12.7 Å². The van der Waals surface area contributed by atoms with E-state index in [-0.39, 0.29) is 6.42 Å². The first kappa shape index (κ1) is 21.9. The summed E-state index contributed by atoms with van der Waals surface area (Å²) >= 11 is 7.68. The molecule has 4 rings (SSSR count). The number of fused-ring (bicyclic) bond motifs is 1. The molecule has 2 heterocycles. The Labute approximate surface area is 186 Å². The highest BCUT2D eigenvalue weighted by atomic mass is 35.5. The zero-order valence-electron chi connectivity index (χ0n) is 16.3. The van der Waals surface area contributed by atoms with Crippen LogP contribution in [0.5, 0.6) is 0 Å². The number of nitrogens with zero attached hydrogens (tertiary/aromatic N) is 2. The van der Waals surface area contributed by atoms with E-state index in [1.165, 1.54) is 35.9 Å². The normalized spacial score (nSPS) is 12.8. The van der Waals surface area contributed by atoms with Gasteiger partial charge in [-0.2, -0.15) is 0 Å². The molecule has 160 valence electrons. The van der Waals surface area contributed by atoms with E-state index >= 15 is 0 Å². The second-order valence-corrected chi connectivity index (χ2v) is 10.3. The van der Waals surface area contributed by atoms with Gasteiger partial charge in [0.05, 0.1) is 5.39 Å². The molecular formula is C21H18ClFN3O3PS. The summed E-state index contributed by atoms with van der Waals surface area (Å²) < 4.78 is 25.7. The highest BCUT2D eigenvalue weighted by Gasteiger charge is 2.30. The van der Waals surface area contributed by atoms with Gasteiger partial charge in [0.25, 0.3) is 0 Å². The van der Waals surface area contributed by atoms with Crippen molar-refractivity contribution < 1.29 is 18.7 Å². The van der Waals surface area contributed by atoms with Gasteiger partial charge in [-0.3, -0.25) is 4.57 Å². The summed E-state index contributed by atoms with van der Waals surface area (Å²) in [6.45, 7) is 1.92. The molecule has 0 fully saturated rings. The molecule has 1 atom stereocenters. The van der Waals surface area contributed by atoms with E-state index in [0.717, 1.165) is 16.0 Å². The van der Waals surface area contributed by atoms with Gasteiger partial charge in [-0.1, -0.05) is 35.9 Å². The maximum Gasteiger partial charge on any atom is 0.347 e. The van der Waals surface area contributed by atoms with E-state index in [2.05, 4.69) is 15.3 Å². The van der Waals surface area contributed by atoms with Gasteiger partial charge in [0.1, 0.15) is 28.6 Å². The van der Waals surface area contributed by atoms with Crippen molar-refractivity contribution in [3.8, 4) is 10.4 Å². The Hall–Kier alpha value is -2.35. The lowest BCUT2D eigenvalue weighted by Gasteiger charge is -2.21. The minimum atomic E-state index is -4.57. The molecule has 1 unspecified atom stereocenters. The number of rotatable bonds is 6. The topological polar surface area (TPSA) is 95.3 Å². The number of aromatic nitrogens is 2. The van der Waals surface area contributed by atoms with E-state index < -0.39 is 19.2 Å². The second-order valence-electron chi connectivity index (χ2n) is 7.10. The van der Waals surface area contributed by atoms with E-state index in [1.54, 1.807) is 6.07 Å². The first-order valence-electron chi connectivity index (χ1n) is 9.28. The molecule has 4 aromatic rings. The zero-order valence-corrected chi connectivity index (χ0v) is 18.8. The predicted octanol–water partition coefficient (Wildman–Crippen LogP) is 5.62. The minimum Gasteiger partial charge on any atom is -0.355 e. The smallest absolute Gasteiger partial charge is 0.347 e. The van der Waals surface area contributed by atoms with Crippen molar-refractivity contribution >= 4 is 46.6 Å². The van der Waals surface area contributed by atoms with Crippen LogP contribution < -0.4 is 5.32 Å². The number of thiophene rings is 1. The van der Waals surface area contributed by atoms with Gasteiger partial charge >= 0.3 is 7.60 Å². The number of nitrogens with one attached hydrogen (secondary N) is 1. The van der Waals surface area contributed by atoms with Crippen LogP contribution in [0.3, 0.4) is 0 Å². The largest absolute Gasteiger partial charge is 0.355 e. The summed E-state index contributed by atoms with van der Waals surface area (Å²) in [5.74, 6) is -1.44. The van der Waals surface area contributed by atoms with Crippen LogP contribution in [0.2, 0.25) is 5.02 Å². The van der Waals surface area contributed by atoms with Crippen LogP contribution in [-0.2, 0) is 11.0 Å². The van der Waals surface area contributed by atoms with Gasteiger partial charge in [0.2, 0.25) is 0 Å². The van der Waals surface area contributed by atoms with Crippen LogP contribution in [0.25, 0.3) is 20.7 Å². The van der Waals surface area contributed by atoms with Crippen molar-refractivity contribution in [3.63, 3.8) is 0 Å². The molecular weight excluding hydrogens is 460 g/mol. The van der Waals surface area contributed by atoms with Crippen LogP contribution in [0.1, 0.15) is 11.1 Å². The lowest BCUT2D eigenvalue weighted by atomic mass is 10.1. The van der Waals surface area contributed by atoms with Crippen LogP contribution >= 0.6 is 30.5 Å². The molecule has 0 aliphatic carbocycles. The van der Waals surface area contributed by atoms with Crippen molar-refractivity contribution in [1.29, 1.82) is 0 Å². The molecule has 0 amide bonds. The van der Waals surface area contributed by atoms with E-state index in [4.69, 9.17) is 11.6 Å². The minimum absolute atomic E-state index is 0.0713. The van der Waals surface area contributed by atoms with Gasteiger partial charge in [-0.05, 0) is 47.9 Å². The Morgan fingerprint density at radius 1 is 1.19 bits per heavy atom. The Morgan fingerprint density at radius 2 is 2.00 bits per heavy atom. The van der Waals surface area contributed by atoms with Crippen molar-refractivity contribution in [2.45, 2.75) is 19.1 Å². The maximum absolute atomic E-state index is 13.5. The van der Waals surface area contributed by atoms with E-state index in [9.17, 15) is 18.7 Å². The summed E-state index contributed by atoms with van der Waals surface area (Å²) in [7, 11) is -4.57. The Bertz CT molecular complexity index is 1310. The first-order chi connectivity index (χ1) is 14.7. The fourth-order valence-electron chi connectivity index (χ4n) is 3.16. The fraction of sp³-hybridized carbons (Fsp3) is 0.143. The summed E-state index contributed by atoms with van der Waals surface area (Å²) in [5.41, 5.74) is 2.35. The van der Waals surface area contributed by atoms with Crippen molar-refractivity contribution in [3.05, 3.63) is 76.8 Å². The summed E-state index contributed by atoms with van der Waals surface area (Å²) in [5, 5.41) is 4.14. The van der Waals surface area contributed by atoms with Crippen LogP contribution in [0.4, 0.5) is 10.2 Å². The van der Waals surface area contributed by atoms with Gasteiger partial charge in [-0.25, -0.2) is 14.4 Å². The molecule has 3 N–H and O–H groups in total. The predicted molar refractivity (Wildman–Crippen MR) is 122 cm³/mol. The number of halogens is 2. The van der Waals surface area contributed by atoms with Crippen LogP contribution in [0.15, 0.2) is 54.9 Å². The highest BCUT2D eigenvalue weighted by molar-refractivity contribution is 7.52. The first-order valence-corrected chi connectivity index (χ1v) is 12.2. The van der Waals surface area contributed by atoms with Gasteiger partial charge < -0.3 is 15.1 Å². The lowest BCUT2D eigenvalue weighted by molar-refractivity contribution is 0.361. The molecule has 0 aliphatic rings. The van der Waals surface area contributed by atoms with E-state index in [0.29, 0.717) is 26.6 Å². The second kappa shape index (κ2) is 8.65. The molecule has 10 heteroatoms. The summed E-state index contributed by atoms with van der Waals surface area (Å²) in [6, 6.07) is 13.3. The fourth-order valence-corrected chi connectivity index (χ4v) is 5.07. The highest BCUT2D eigenvalue weighted by Crippen LogP contribution is 2.44. The molecule has 0 aliphatic heterocycles. The Morgan fingerprint density at radius 3 is 2.71 bits per heavy atom. The number of aryl methyl sites for hydroxylation is 1. The quantitative estimate of drug-likeness (QED) is 0.312. The third-order valence-electron chi connectivity index (χ3n) is 4.81. The Kier molecular flexibility index (Phi) is 6.10. The van der Waals surface area contributed by atoms with Crippen molar-refractivity contribution in [2.24, 2.45) is 0 Å². The molecule has 6 nitrogen and oxygen atoms in total. The standard InChI is InChI=1S/C21H18ClFN3O3PS/c1-12-5-6-14(9-17(12)22)18-10-16-20(24-11-25-21(16)31-18)26-19(30(27,28)29)8-13-3-2-4-15(23)7-13/h2-7,9-11,19H,8H2,1H3,(H,24,25,26)(H2,27,28,29). The van der Waals surface area contributed by atoms with Crippen molar-refractivity contribution in [2.75, 3.05) is 5.32 Å². The molecule has 0 saturated carbocycles. The van der Waals surface area contributed by atoms with Gasteiger partial charge in [0.15, 0.2) is 0 Å². The summed E-state index contributed by atoms with van der Waals surface area (Å²) in [4.78, 5) is 29.8. The molecule has 0 saturated heterocycles. The number of hydrogen-bond acceptors (Lipinski definition) is 5. The van der Waals surface area contributed by atoms with E-state index in [1.807, 2.05) is 31.2 Å². The monoisotopic (exact) mass is 477 g/mol. The number of hydrogen-bond donors (Lipinski definition) is 3. The lowest BCUT2D eigenvalue weighted by Crippen LogP contribution is -2.23. The molecule has 2 aromatic carbocycles. The number of anilines is 1. The van der Waals surface area contributed by atoms with Gasteiger partial charge in [-0.15, -0.1) is 11.3 Å². The number of benzene rings is 2. The molecule has 31 heavy (non-hydrogen) atoms. The van der Waals surface area contributed by atoms with Crippen molar-refractivity contribution in [1.82, 2.24) is 9.97 Å². The Balaban J connectivity index is 1.69. The average Bonchev–Trinajstić information content (AvgIpc) is 3.14. The average molecular weight is 478 g/mol.